The van der Waals surface area contributed by atoms with Gasteiger partial charge in [-0.1, -0.05) is 90.2 Å². The highest BCUT2D eigenvalue weighted by Gasteiger charge is 2.10. The zero-order valence-electron chi connectivity index (χ0n) is 20.2. The third kappa shape index (κ3) is 14.4. The predicted molar refractivity (Wildman–Crippen MR) is 130 cm³/mol. The highest BCUT2D eigenvalue weighted by atomic mass is 16.7. The molecule has 0 atom stereocenters. The van der Waals surface area contributed by atoms with Gasteiger partial charge in [-0.25, -0.2) is 0 Å². The number of ether oxygens (including phenoxy) is 2. The molecular weight excluding hydrogens is 388 g/mol. The van der Waals surface area contributed by atoms with Crippen LogP contribution in [0.1, 0.15) is 116 Å². The second-order valence-corrected chi connectivity index (χ2v) is 8.74. The molecule has 0 aromatic heterocycles. The Kier molecular flexibility index (Phi) is 17.4. The third-order valence-corrected chi connectivity index (χ3v) is 5.84. The van der Waals surface area contributed by atoms with Gasteiger partial charge in [0.1, 0.15) is 0 Å². The van der Waals surface area contributed by atoms with Gasteiger partial charge in [0.05, 0.1) is 0 Å². The summed E-state index contributed by atoms with van der Waals surface area (Å²) in [6.45, 7) is 6.10. The van der Waals surface area contributed by atoms with Crippen molar-refractivity contribution in [2.24, 2.45) is 0 Å². The van der Waals surface area contributed by atoms with Crippen LogP contribution in [0.2, 0.25) is 0 Å². The van der Waals surface area contributed by atoms with Crippen LogP contribution in [0.25, 0.3) is 0 Å². The largest absolute Gasteiger partial charge is 0.504 e. The van der Waals surface area contributed by atoms with Crippen molar-refractivity contribution in [3.63, 3.8) is 0 Å². The van der Waals surface area contributed by atoms with Crippen molar-refractivity contribution in [2.45, 2.75) is 123 Å². The van der Waals surface area contributed by atoms with Gasteiger partial charge in [0.25, 0.3) is 0 Å². The smallest absolute Gasteiger partial charge is 0.160 e. The van der Waals surface area contributed by atoms with Crippen molar-refractivity contribution in [1.82, 2.24) is 0 Å². The van der Waals surface area contributed by atoms with E-state index in [0.717, 1.165) is 70.1 Å². The minimum atomic E-state index is -0.0625. The molecule has 4 nitrogen and oxygen atoms in total. The lowest BCUT2D eigenvalue weighted by atomic mass is 10.0. The number of benzene rings is 1. The maximum absolute atomic E-state index is 9.89. The van der Waals surface area contributed by atoms with E-state index in [4.69, 9.17) is 9.47 Å². The van der Waals surface area contributed by atoms with E-state index in [2.05, 4.69) is 13.8 Å². The molecule has 0 unspecified atom stereocenters. The Hall–Kier alpha value is -1.26. The predicted octanol–water partition coefficient (Wildman–Crippen LogP) is 7.89. The number of phenolic OH excluding ortho intramolecular Hbond substituents is 2. The van der Waals surface area contributed by atoms with Crippen molar-refractivity contribution in [2.75, 3.05) is 13.2 Å². The topological polar surface area (TPSA) is 58.9 Å². The van der Waals surface area contributed by atoms with Gasteiger partial charge < -0.3 is 19.7 Å². The van der Waals surface area contributed by atoms with Crippen molar-refractivity contribution >= 4 is 0 Å². The minimum Gasteiger partial charge on any atom is -0.504 e. The summed E-state index contributed by atoms with van der Waals surface area (Å²) in [6, 6.07) is 5.19. The molecule has 31 heavy (non-hydrogen) atoms. The first-order valence-electron chi connectivity index (χ1n) is 12.9. The lowest BCUT2D eigenvalue weighted by Gasteiger charge is -2.19. The number of rotatable bonds is 21. The SMILES string of the molecule is CCCCCCCOC(CCCCCCc1cccc(O)c1O)OCCCCCCC. The van der Waals surface area contributed by atoms with Gasteiger partial charge in [-0.05, 0) is 50.2 Å². The molecule has 2 N–H and O–H groups in total. The van der Waals surface area contributed by atoms with Crippen molar-refractivity contribution < 1.29 is 19.7 Å². The fourth-order valence-corrected chi connectivity index (χ4v) is 3.82. The molecule has 0 fully saturated rings. The van der Waals surface area contributed by atoms with Gasteiger partial charge in [-0.15, -0.1) is 0 Å². The maximum Gasteiger partial charge on any atom is 0.160 e. The standard InChI is InChI=1S/C27H48O4/c1-3-5-7-11-15-22-30-26(31-23-16-12-8-6-4-2)21-14-10-9-13-18-24-19-17-20-25(28)27(24)29/h17,19-20,26,28-29H,3-16,18,21-23H2,1-2H3. The summed E-state index contributed by atoms with van der Waals surface area (Å²) in [4.78, 5) is 0. The Morgan fingerprint density at radius 3 is 1.84 bits per heavy atom. The summed E-state index contributed by atoms with van der Waals surface area (Å²) in [5.74, 6) is 0.00117. The van der Waals surface area contributed by atoms with E-state index in [1.54, 1.807) is 6.07 Å². The fraction of sp³-hybridized carbons (Fsp3) is 0.778. The number of hydrogen-bond acceptors (Lipinski definition) is 4. The molecule has 0 aliphatic rings. The van der Waals surface area contributed by atoms with Crippen LogP contribution in [-0.2, 0) is 15.9 Å². The molecule has 180 valence electrons. The van der Waals surface area contributed by atoms with Gasteiger partial charge in [0.2, 0.25) is 0 Å². The number of para-hydroxylation sites is 1. The van der Waals surface area contributed by atoms with Gasteiger partial charge in [-0.3, -0.25) is 0 Å². The number of hydrogen-bond donors (Lipinski definition) is 2. The second-order valence-electron chi connectivity index (χ2n) is 8.74. The van der Waals surface area contributed by atoms with E-state index in [1.165, 1.54) is 57.4 Å². The summed E-state index contributed by atoms with van der Waals surface area (Å²) < 4.78 is 12.1. The van der Waals surface area contributed by atoms with Crippen LogP contribution in [0.3, 0.4) is 0 Å². The van der Waals surface area contributed by atoms with Gasteiger partial charge in [0, 0.05) is 13.2 Å². The Bertz CT molecular complexity index is 516. The molecule has 1 aromatic rings. The van der Waals surface area contributed by atoms with Gasteiger partial charge >= 0.3 is 0 Å². The molecule has 0 spiro atoms. The fourth-order valence-electron chi connectivity index (χ4n) is 3.82. The Labute approximate surface area is 191 Å². The molecule has 1 rings (SSSR count). The first-order chi connectivity index (χ1) is 15.2. The summed E-state index contributed by atoms with van der Waals surface area (Å²) >= 11 is 0. The second kappa shape index (κ2) is 19.4. The first-order valence-corrected chi connectivity index (χ1v) is 12.9. The molecule has 4 heteroatoms. The number of phenols is 2. The highest BCUT2D eigenvalue weighted by molar-refractivity contribution is 5.44. The van der Waals surface area contributed by atoms with Crippen LogP contribution in [0.5, 0.6) is 11.5 Å². The highest BCUT2D eigenvalue weighted by Crippen LogP contribution is 2.29. The molecule has 0 saturated heterocycles. The van der Waals surface area contributed by atoms with Crippen LogP contribution in [0.4, 0.5) is 0 Å². The molecule has 0 saturated carbocycles. The van der Waals surface area contributed by atoms with Crippen LogP contribution < -0.4 is 0 Å². The van der Waals surface area contributed by atoms with Crippen molar-refractivity contribution in [1.29, 1.82) is 0 Å². The number of aryl methyl sites for hydroxylation is 1. The van der Waals surface area contributed by atoms with E-state index in [1.807, 2.05) is 6.07 Å². The first kappa shape index (κ1) is 27.8. The molecule has 0 aliphatic heterocycles. The van der Waals surface area contributed by atoms with Crippen molar-refractivity contribution in [3.8, 4) is 11.5 Å². The van der Waals surface area contributed by atoms with Crippen LogP contribution in [-0.4, -0.2) is 29.7 Å². The van der Waals surface area contributed by atoms with E-state index >= 15 is 0 Å². The molecule has 0 bridgehead atoms. The average Bonchev–Trinajstić information content (AvgIpc) is 2.77. The summed E-state index contributed by atoms with van der Waals surface area (Å²) in [6.07, 6.45) is 18.6. The molecule has 0 heterocycles. The molecular formula is C27H48O4. The minimum absolute atomic E-state index is 0.0287. The van der Waals surface area contributed by atoms with Crippen LogP contribution in [0.15, 0.2) is 18.2 Å². The lowest BCUT2D eigenvalue weighted by Crippen LogP contribution is -2.19. The van der Waals surface area contributed by atoms with E-state index in [9.17, 15) is 10.2 Å². The van der Waals surface area contributed by atoms with E-state index in [-0.39, 0.29) is 17.8 Å². The van der Waals surface area contributed by atoms with Crippen molar-refractivity contribution in [3.05, 3.63) is 23.8 Å². The van der Waals surface area contributed by atoms with Gasteiger partial charge in [-0.2, -0.15) is 0 Å². The summed E-state index contributed by atoms with van der Waals surface area (Å²) in [5, 5.41) is 19.5. The Morgan fingerprint density at radius 1 is 0.677 bits per heavy atom. The van der Waals surface area contributed by atoms with Gasteiger partial charge in [0.15, 0.2) is 17.8 Å². The third-order valence-electron chi connectivity index (χ3n) is 5.84. The number of aromatic hydroxyl groups is 2. The molecule has 0 amide bonds. The summed E-state index contributed by atoms with van der Waals surface area (Å²) in [7, 11) is 0. The number of unbranched alkanes of at least 4 members (excludes halogenated alkanes) is 11. The lowest BCUT2D eigenvalue weighted by molar-refractivity contribution is -0.148. The van der Waals surface area contributed by atoms with Crippen LogP contribution >= 0.6 is 0 Å². The maximum atomic E-state index is 9.89. The average molecular weight is 437 g/mol. The zero-order valence-corrected chi connectivity index (χ0v) is 20.2. The van der Waals surface area contributed by atoms with E-state index < -0.39 is 0 Å². The molecule has 0 aliphatic carbocycles. The normalized spacial score (nSPS) is 11.5. The Balaban J connectivity index is 2.20. The monoisotopic (exact) mass is 436 g/mol. The van der Waals surface area contributed by atoms with Crippen LogP contribution in [0, 0.1) is 0 Å². The Morgan fingerprint density at radius 2 is 1.23 bits per heavy atom. The quantitative estimate of drug-likeness (QED) is 0.117. The molecule has 1 aromatic carbocycles. The molecule has 0 radical (unpaired) electrons. The summed E-state index contributed by atoms with van der Waals surface area (Å²) in [5.41, 5.74) is 0.829. The van der Waals surface area contributed by atoms with E-state index in [0.29, 0.717) is 0 Å². The zero-order chi connectivity index (χ0) is 22.6.